The van der Waals surface area contributed by atoms with Crippen molar-refractivity contribution in [2.75, 3.05) is 18.6 Å². The lowest BCUT2D eigenvalue weighted by molar-refractivity contribution is -0.124. The smallest absolute Gasteiger partial charge is 0.221 e. The van der Waals surface area contributed by atoms with Crippen molar-refractivity contribution < 1.29 is 13.2 Å². The van der Waals surface area contributed by atoms with Gasteiger partial charge in [-0.15, -0.1) is 12.4 Å². The van der Waals surface area contributed by atoms with E-state index in [0.29, 0.717) is 18.9 Å². The first-order valence-corrected chi connectivity index (χ1v) is 8.93. The van der Waals surface area contributed by atoms with E-state index in [4.69, 9.17) is 5.73 Å². The van der Waals surface area contributed by atoms with Gasteiger partial charge in [-0.05, 0) is 43.9 Å². The van der Waals surface area contributed by atoms with Gasteiger partial charge in [-0.2, -0.15) is 0 Å². The van der Waals surface area contributed by atoms with Crippen LogP contribution in [0.25, 0.3) is 0 Å². The third kappa shape index (κ3) is 4.60. The van der Waals surface area contributed by atoms with Crippen molar-refractivity contribution in [1.82, 2.24) is 5.32 Å². The molecule has 0 aromatic heterocycles. The highest BCUT2D eigenvalue weighted by atomic mass is 35.5. The maximum absolute atomic E-state index is 12.1. The molecule has 7 heteroatoms. The van der Waals surface area contributed by atoms with Crippen molar-refractivity contribution in [3.63, 3.8) is 0 Å². The SMILES string of the molecule is CC(CN)(NC(=O)CC1(CS(C)(=O)=O)CC1)C1CC1.Cl. The number of rotatable bonds is 7. The standard InChI is InChI=1S/C13H24N2O3S.ClH/c1-12(8-14,10-3-4-10)15-11(16)7-13(5-6-13)9-19(2,17)18;/h10H,3-9,14H2,1-2H3,(H,15,16);1H. The molecular formula is C13H25ClN2O3S. The third-order valence-corrected chi connectivity index (χ3v) is 5.53. The Morgan fingerprint density at radius 3 is 2.30 bits per heavy atom. The fourth-order valence-corrected chi connectivity index (χ4v) is 4.35. The van der Waals surface area contributed by atoms with Gasteiger partial charge in [-0.25, -0.2) is 8.42 Å². The van der Waals surface area contributed by atoms with Crippen LogP contribution in [0, 0.1) is 11.3 Å². The van der Waals surface area contributed by atoms with Crippen LogP contribution in [0.3, 0.4) is 0 Å². The second-order valence-corrected chi connectivity index (χ2v) is 8.83. The molecule has 2 aliphatic carbocycles. The summed E-state index contributed by atoms with van der Waals surface area (Å²) in [5, 5.41) is 3.03. The van der Waals surface area contributed by atoms with E-state index >= 15 is 0 Å². The first-order chi connectivity index (χ1) is 8.68. The van der Waals surface area contributed by atoms with E-state index in [0.717, 1.165) is 25.7 Å². The van der Waals surface area contributed by atoms with Gasteiger partial charge in [0.2, 0.25) is 5.91 Å². The van der Waals surface area contributed by atoms with Gasteiger partial charge >= 0.3 is 0 Å². The molecule has 0 heterocycles. The van der Waals surface area contributed by atoms with Gasteiger partial charge in [-0.3, -0.25) is 4.79 Å². The number of carbonyl (C=O) groups excluding carboxylic acids is 1. The number of sulfone groups is 1. The van der Waals surface area contributed by atoms with E-state index in [-0.39, 0.29) is 35.0 Å². The summed E-state index contributed by atoms with van der Waals surface area (Å²) in [6.45, 7) is 2.42. The minimum absolute atomic E-state index is 0. The molecule has 118 valence electrons. The Morgan fingerprint density at radius 1 is 1.40 bits per heavy atom. The third-order valence-electron chi connectivity index (χ3n) is 4.39. The molecule has 2 fully saturated rings. The molecule has 0 saturated heterocycles. The Balaban J connectivity index is 0.00000200. The molecule has 5 nitrogen and oxygen atoms in total. The first kappa shape index (κ1) is 17.7. The molecule has 0 aromatic rings. The number of carbonyl (C=O) groups is 1. The highest BCUT2D eigenvalue weighted by Gasteiger charge is 2.48. The summed E-state index contributed by atoms with van der Waals surface area (Å²) >= 11 is 0. The largest absolute Gasteiger partial charge is 0.349 e. The molecule has 1 amide bonds. The van der Waals surface area contributed by atoms with E-state index in [1.807, 2.05) is 6.92 Å². The second-order valence-electron chi connectivity index (χ2n) is 6.69. The van der Waals surface area contributed by atoms with Crippen LogP contribution in [0.5, 0.6) is 0 Å². The fourth-order valence-electron chi connectivity index (χ4n) is 2.85. The molecule has 2 rings (SSSR count). The maximum Gasteiger partial charge on any atom is 0.221 e. The summed E-state index contributed by atoms with van der Waals surface area (Å²) in [6.07, 6.45) is 5.43. The van der Waals surface area contributed by atoms with E-state index in [2.05, 4.69) is 5.32 Å². The Labute approximate surface area is 127 Å². The van der Waals surface area contributed by atoms with Gasteiger partial charge in [0.05, 0.1) is 11.3 Å². The normalized spacial score (nSPS) is 23.4. The number of halogens is 1. The van der Waals surface area contributed by atoms with Crippen LogP contribution in [-0.2, 0) is 14.6 Å². The molecule has 20 heavy (non-hydrogen) atoms. The van der Waals surface area contributed by atoms with Crippen molar-refractivity contribution in [3.05, 3.63) is 0 Å². The van der Waals surface area contributed by atoms with Crippen molar-refractivity contribution in [1.29, 1.82) is 0 Å². The molecular weight excluding hydrogens is 300 g/mol. The van der Waals surface area contributed by atoms with Gasteiger partial charge < -0.3 is 11.1 Å². The predicted molar refractivity (Wildman–Crippen MR) is 81.6 cm³/mol. The topological polar surface area (TPSA) is 89.3 Å². The number of nitrogens with one attached hydrogen (secondary N) is 1. The average molecular weight is 325 g/mol. The van der Waals surface area contributed by atoms with E-state index in [1.165, 1.54) is 6.26 Å². The van der Waals surface area contributed by atoms with Crippen LogP contribution >= 0.6 is 12.4 Å². The zero-order valence-corrected chi connectivity index (χ0v) is 13.8. The molecule has 0 spiro atoms. The van der Waals surface area contributed by atoms with Crippen LogP contribution in [0.2, 0.25) is 0 Å². The molecule has 0 radical (unpaired) electrons. The first-order valence-electron chi connectivity index (χ1n) is 6.87. The summed E-state index contributed by atoms with van der Waals surface area (Å²) in [7, 11) is -3.02. The van der Waals surface area contributed by atoms with E-state index in [1.54, 1.807) is 0 Å². The molecule has 3 N–H and O–H groups in total. The molecule has 0 aromatic carbocycles. The highest BCUT2D eigenvalue weighted by molar-refractivity contribution is 7.90. The minimum atomic E-state index is -3.02. The molecule has 2 aliphatic rings. The van der Waals surface area contributed by atoms with E-state index in [9.17, 15) is 13.2 Å². The number of amides is 1. The lowest BCUT2D eigenvalue weighted by Crippen LogP contribution is -2.53. The van der Waals surface area contributed by atoms with Gasteiger partial charge in [0.25, 0.3) is 0 Å². The molecule has 0 bridgehead atoms. The summed E-state index contributed by atoms with van der Waals surface area (Å²) in [5.41, 5.74) is 5.14. The Morgan fingerprint density at radius 2 is 1.95 bits per heavy atom. The predicted octanol–water partition coefficient (Wildman–Crippen LogP) is 0.867. The highest BCUT2D eigenvalue weighted by Crippen LogP contribution is 2.50. The monoisotopic (exact) mass is 324 g/mol. The van der Waals surface area contributed by atoms with Crippen LogP contribution < -0.4 is 11.1 Å². The lowest BCUT2D eigenvalue weighted by Gasteiger charge is -2.30. The minimum Gasteiger partial charge on any atom is -0.349 e. The lowest BCUT2D eigenvalue weighted by atomic mass is 9.94. The zero-order chi connectivity index (χ0) is 14.3. The van der Waals surface area contributed by atoms with Crippen LogP contribution in [0.4, 0.5) is 0 Å². The Kier molecular flexibility index (Phi) is 5.15. The zero-order valence-electron chi connectivity index (χ0n) is 12.1. The number of nitrogens with two attached hydrogens (primary N) is 1. The van der Waals surface area contributed by atoms with Crippen molar-refractivity contribution in [2.24, 2.45) is 17.1 Å². The fraction of sp³-hybridized carbons (Fsp3) is 0.923. The summed E-state index contributed by atoms with van der Waals surface area (Å²) in [5.74, 6) is 0.545. The van der Waals surface area contributed by atoms with Gasteiger partial charge in [0.1, 0.15) is 9.84 Å². The summed E-state index contributed by atoms with van der Waals surface area (Å²) in [6, 6.07) is 0. The van der Waals surface area contributed by atoms with Crippen molar-refractivity contribution >= 4 is 28.2 Å². The van der Waals surface area contributed by atoms with E-state index < -0.39 is 9.84 Å². The molecule has 0 aliphatic heterocycles. The average Bonchev–Trinajstić information content (AvgIpc) is 3.09. The van der Waals surface area contributed by atoms with Crippen LogP contribution in [0.15, 0.2) is 0 Å². The Hall–Kier alpha value is -0.330. The summed E-state index contributed by atoms with van der Waals surface area (Å²) in [4.78, 5) is 12.1. The van der Waals surface area contributed by atoms with Crippen LogP contribution in [0.1, 0.15) is 39.0 Å². The van der Waals surface area contributed by atoms with Gasteiger partial charge in [0.15, 0.2) is 0 Å². The molecule has 1 atom stereocenters. The van der Waals surface area contributed by atoms with Crippen molar-refractivity contribution in [2.45, 2.75) is 44.6 Å². The second kappa shape index (κ2) is 5.81. The van der Waals surface area contributed by atoms with Crippen molar-refractivity contribution in [3.8, 4) is 0 Å². The Bertz CT molecular complexity index is 472. The molecule has 2 saturated carbocycles. The van der Waals surface area contributed by atoms with Gasteiger partial charge in [-0.1, -0.05) is 0 Å². The number of hydrogen-bond acceptors (Lipinski definition) is 4. The summed E-state index contributed by atoms with van der Waals surface area (Å²) < 4.78 is 22.8. The quantitative estimate of drug-likeness (QED) is 0.727. The van der Waals surface area contributed by atoms with Crippen LogP contribution in [-0.4, -0.2) is 38.4 Å². The number of hydrogen-bond donors (Lipinski definition) is 2. The molecule has 1 unspecified atom stereocenters. The van der Waals surface area contributed by atoms with Gasteiger partial charge in [0, 0.05) is 19.2 Å². The maximum atomic E-state index is 12.1.